The summed E-state index contributed by atoms with van der Waals surface area (Å²) in [5, 5.41) is 23.9. The first-order valence-electron chi connectivity index (χ1n) is 7.43. The van der Waals surface area contributed by atoms with Gasteiger partial charge in [0.1, 0.15) is 23.1 Å². The first kappa shape index (κ1) is 19.7. The molecule has 0 unspecified atom stereocenters. The molecule has 144 valence electrons. The Hall–Kier alpha value is -3.03. The molecule has 0 bridgehead atoms. The molecule has 0 saturated heterocycles. The number of nitrogens with one attached hydrogen (secondary N) is 1. The number of alkyl halides is 3. The summed E-state index contributed by atoms with van der Waals surface area (Å²) >= 11 is 12.4. The largest absolute Gasteiger partial charge is 0.477 e. The third-order valence-electron chi connectivity index (χ3n) is 3.66. The summed E-state index contributed by atoms with van der Waals surface area (Å²) in [5.74, 6) is -1.61. The van der Waals surface area contributed by atoms with Gasteiger partial charge in [0.05, 0.1) is 23.4 Å². The number of benzene rings is 1. The zero-order valence-corrected chi connectivity index (χ0v) is 15.1. The minimum Gasteiger partial charge on any atom is -0.477 e. The summed E-state index contributed by atoms with van der Waals surface area (Å²) < 4.78 is 39.3. The minimum atomic E-state index is -4.57. The van der Waals surface area contributed by atoms with Crippen molar-refractivity contribution in [1.29, 1.82) is 5.26 Å². The molecule has 2 aromatic heterocycles. The van der Waals surface area contributed by atoms with Crippen molar-refractivity contribution in [3.63, 3.8) is 0 Å². The summed E-state index contributed by atoms with van der Waals surface area (Å²) in [4.78, 5) is 15.3. The monoisotopic (exact) mass is 429 g/mol. The summed E-state index contributed by atoms with van der Waals surface area (Å²) in [7, 11) is 0. The first-order valence-corrected chi connectivity index (χ1v) is 8.19. The molecule has 0 aliphatic carbocycles. The summed E-state index contributed by atoms with van der Waals surface area (Å²) in [5.41, 5.74) is -0.175. The number of nitriles is 1. The van der Waals surface area contributed by atoms with Crippen molar-refractivity contribution >= 4 is 40.6 Å². The third-order valence-corrected chi connectivity index (χ3v) is 4.24. The molecule has 7 nitrogen and oxygen atoms in total. The molecule has 28 heavy (non-hydrogen) atoms. The Balaban J connectivity index is 2.31. The average molecular weight is 430 g/mol. The zero-order chi connectivity index (χ0) is 20.6. The number of aromatic carboxylic acids is 1. The number of carboxylic acids is 1. The van der Waals surface area contributed by atoms with Crippen LogP contribution in [0.4, 0.5) is 19.0 Å². The molecule has 3 rings (SSSR count). The van der Waals surface area contributed by atoms with E-state index in [-0.39, 0.29) is 43.9 Å². The highest BCUT2D eigenvalue weighted by atomic mass is 35.5. The van der Waals surface area contributed by atoms with E-state index >= 15 is 0 Å². The zero-order valence-electron chi connectivity index (χ0n) is 13.6. The van der Waals surface area contributed by atoms with Crippen LogP contribution < -0.4 is 5.32 Å². The van der Waals surface area contributed by atoms with Crippen molar-refractivity contribution in [2.24, 2.45) is 0 Å². The smallest absolute Gasteiger partial charge is 0.405 e. The Morgan fingerprint density at radius 2 is 2.07 bits per heavy atom. The standard InChI is InChI=1S/C16H8Cl2F3N5O2/c17-10-3-7(4-22)1-2-8(10)11-12(18)25-13-9(15(27)28)5-24-26(13)14(11)23-6-16(19,20)21/h1-3,5,23H,6H2,(H,27,28). The van der Waals surface area contributed by atoms with Gasteiger partial charge in [-0.25, -0.2) is 9.78 Å². The Morgan fingerprint density at radius 3 is 2.64 bits per heavy atom. The highest BCUT2D eigenvalue weighted by molar-refractivity contribution is 6.36. The van der Waals surface area contributed by atoms with Gasteiger partial charge in [0.15, 0.2) is 5.65 Å². The summed E-state index contributed by atoms with van der Waals surface area (Å²) in [6.45, 7) is -1.44. The molecular formula is C16H8Cl2F3N5O2. The predicted molar refractivity (Wildman–Crippen MR) is 94.7 cm³/mol. The second-order valence-corrected chi connectivity index (χ2v) is 6.27. The minimum absolute atomic E-state index is 0.0204. The van der Waals surface area contributed by atoms with Crippen LogP contribution in [0.25, 0.3) is 16.8 Å². The maximum atomic E-state index is 12.8. The van der Waals surface area contributed by atoms with Gasteiger partial charge in [-0.1, -0.05) is 29.3 Å². The summed E-state index contributed by atoms with van der Waals surface area (Å²) in [6, 6.07) is 6.00. The molecule has 0 fully saturated rings. The fourth-order valence-corrected chi connectivity index (χ4v) is 3.04. The number of carbonyl (C=O) groups is 1. The average Bonchev–Trinajstić information content (AvgIpc) is 3.02. The van der Waals surface area contributed by atoms with Gasteiger partial charge >= 0.3 is 12.1 Å². The Kier molecular flexibility index (Phi) is 5.06. The molecule has 0 aliphatic heterocycles. The van der Waals surface area contributed by atoms with E-state index < -0.39 is 18.7 Å². The number of rotatable bonds is 4. The molecule has 12 heteroatoms. The lowest BCUT2D eigenvalue weighted by Crippen LogP contribution is -2.23. The van der Waals surface area contributed by atoms with E-state index in [0.717, 1.165) is 10.7 Å². The van der Waals surface area contributed by atoms with Crippen LogP contribution in [0, 0.1) is 11.3 Å². The molecule has 3 aromatic rings. The highest BCUT2D eigenvalue weighted by Crippen LogP contribution is 2.39. The van der Waals surface area contributed by atoms with Crippen LogP contribution in [0.1, 0.15) is 15.9 Å². The molecule has 2 N–H and O–H groups in total. The van der Waals surface area contributed by atoms with E-state index in [1.54, 1.807) is 0 Å². The van der Waals surface area contributed by atoms with Crippen molar-refractivity contribution in [3.05, 3.63) is 45.7 Å². The molecular weight excluding hydrogens is 422 g/mol. The van der Waals surface area contributed by atoms with Crippen LogP contribution in [-0.2, 0) is 0 Å². The van der Waals surface area contributed by atoms with E-state index in [2.05, 4.69) is 15.4 Å². The lowest BCUT2D eigenvalue weighted by atomic mass is 10.1. The van der Waals surface area contributed by atoms with Gasteiger partial charge in [0, 0.05) is 10.6 Å². The van der Waals surface area contributed by atoms with Gasteiger partial charge in [-0.05, 0) is 12.1 Å². The normalized spacial score (nSPS) is 11.4. The second-order valence-electron chi connectivity index (χ2n) is 5.50. The van der Waals surface area contributed by atoms with E-state index in [1.807, 2.05) is 6.07 Å². The van der Waals surface area contributed by atoms with E-state index in [0.29, 0.717) is 0 Å². The predicted octanol–water partition coefficient (Wildman–Crippen LogP) is 4.25. The molecule has 0 saturated carbocycles. The Morgan fingerprint density at radius 1 is 1.36 bits per heavy atom. The summed E-state index contributed by atoms with van der Waals surface area (Å²) in [6.07, 6.45) is -3.62. The quantitative estimate of drug-likeness (QED) is 0.600. The number of halogens is 5. The molecule has 0 spiro atoms. The van der Waals surface area contributed by atoms with Crippen molar-refractivity contribution in [3.8, 4) is 17.2 Å². The number of fused-ring (bicyclic) bond motifs is 1. The lowest BCUT2D eigenvalue weighted by Gasteiger charge is -2.17. The van der Waals surface area contributed by atoms with Crippen LogP contribution in [-0.4, -0.2) is 38.4 Å². The van der Waals surface area contributed by atoms with Crippen molar-refractivity contribution in [1.82, 2.24) is 14.6 Å². The van der Waals surface area contributed by atoms with Gasteiger partial charge < -0.3 is 10.4 Å². The molecule has 0 radical (unpaired) electrons. The van der Waals surface area contributed by atoms with Crippen molar-refractivity contribution in [2.45, 2.75) is 6.18 Å². The number of hydrogen-bond acceptors (Lipinski definition) is 5. The number of hydrogen-bond donors (Lipinski definition) is 2. The topological polar surface area (TPSA) is 103 Å². The molecule has 0 amide bonds. The van der Waals surface area contributed by atoms with Crippen LogP contribution in [0.5, 0.6) is 0 Å². The second kappa shape index (κ2) is 7.18. The van der Waals surface area contributed by atoms with E-state index in [4.69, 9.17) is 28.5 Å². The Bertz CT molecular complexity index is 1140. The highest BCUT2D eigenvalue weighted by Gasteiger charge is 2.29. The Labute approximate surface area is 164 Å². The van der Waals surface area contributed by atoms with Gasteiger partial charge in [0.25, 0.3) is 0 Å². The third kappa shape index (κ3) is 3.67. The number of nitrogens with zero attached hydrogens (tertiary/aromatic N) is 4. The maximum absolute atomic E-state index is 12.8. The maximum Gasteiger partial charge on any atom is 0.405 e. The fourth-order valence-electron chi connectivity index (χ4n) is 2.49. The number of carboxylic acid groups (broad SMARTS) is 1. The van der Waals surface area contributed by atoms with Gasteiger partial charge in [-0.2, -0.15) is 28.0 Å². The molecule has 1 aromatic carbocycles. The molecule has 2 heterocycles. The van der Waals surface area contributed by atoms with E-state index in [1.165, 1.54) is 18.2 Å². The van der Waals surface area contributed by atoms with Crippen molar-refractivity contribution < 1.29 is 23.1 Å². The number of anilines is 1. The first-order chi connectivity index (χ1) is 13.1. The van der Waals surface area contributed by atoms with Crippen LogP contribution in [0.3, 0.4) is 0 Å². The fraction of sp³-hybridized carbons (Fsp3) is 0.125. The lowest BCUT2D eigenvalue weighted by molar-refractivity contribution is -0.115. The molecule has 0 atom stereocenters. The molecule has 0 aliphatic rings. The van der Waals surface area contributed by atoms with E-state index in [9.17, 15) is 23.1 Å². The van der Waals surface area contributed by atoms with Crippen LogP contribution in [0.2, 0.25) is 10.2 Å². The SMILES string of the molecule is N#Cc1ccc(-c2c(Cl)nc3c(C(=O)O)cnn3c2NCC(F)(F)F)c(Cl)c1. The van der Waals surface area contributed by atoms with Gasteiger partial charge in [0.2, 0.25) is 0 Å². The van der Waals surface area contributed by atoms with Crippen molar-refractivity contribution in [2.75, 3.05) is 11.9 Å². The van der Waals surface area contributed by atoms with Crippen LogP contribution >= 0.6 is 23.2 Å². The van der Waals surface area contributed by atoms with Gasteiger partial charge in [-0.15, -0.1) is 0 Å². The van der Waals surface area contributed by atoms with Crippen LogP contribution in [0.15, 0.2) is 24.4 Å². The van der Waals surface area contributed by atoms with Gasteiger partial charge in [-0.3, -0.25) is 0 Å². The number of aromatic nitrogens is 3.